The molecule has 3 aromatic rings. The maximum Gasteiger partial charge on any atom is 0.300 e. The summed E-state index contributed by atoms with van der Waals surface area (Å²) in [7, 11) is 0. The van der Waals surface area contributed by atoms with Gasteiger partial charge in [0.05, 0.1) is 24.8 Å². The third kappa shape index (κ3) is 5.53. The van der Waals surface area contributed by atoms with Gasteiger partial charge in [0.15, 0.2) is 0 Å². The molecule has 0 radical (unpaired) electrons. The number of aliphatic hydroxyl groups excluding tert-OH is 1. The molecule has 0 bridgehead atoms. The van der Waals surface area contributed by atoms with E-state index in [4.69, 9.17) is 9.47 Å². The van der Waals surface area contributed by atoms with Crippen molar-refractivity contribution in [2.75, 3.05) is 18.1 Å². The number of carbonyl (C=O) groups is 2. The molecule has 37 heavy (non-hydrogen) atoms. The van der Waals surface area contributed by atoms with Crippen LogP contribution in [0.4, 0.5) is 5.69 Å². The molecule has 4 rings (SSSR count). The Morgan fingerprint density at radius 1 is 0.892 bits per heavy atom. The molecule has 1 amide bonds. The highest BCUT2D eigenvalue weighted by atomic mass is 16.5. The molecule has 1 aliphatic rings. The van der Waals surface area contributed by atoms with E-state index in [1.54, 1.807) is 24.3 Å². The number of rotatable bonds is 10. The number of para-hydroxylation sites is 1. The van der Waals surface area contributed by atoms with Crippen molar-refractivity contribution in [2.24, 2.45) is 0 Å². The lowest BCUT2D eigenvalue weighted by molar-refractivity contribution is -0.132. The SMILES string of the molecule is CCCCCOc1ccc(/C(O)=C2/C(=O)C(=O)N(c3ccccc3C)C2c2cccc(OCC)c2)cc1. The number of carbonyl (C=O) groups excluding carboxylic acids is 2. The maximum absolute atomic E-state index is 13.4. The van der Waals surface area contributed by atoms with Crippen LogP contribution in [0, 0.1) is 6.92 Å². The molecule has 1 fully saturated rings. The molecule has 0 aliphatic carbocycles. The van der Waals surface area contributed by atoms with E-state index < -0.39 is 17.7 Å². The first-order valence-electron chi connectivity index (χ1n) is 12.8. The Hall–Kier alpha value is -4.06. The van der Waals surface area contributed by atoms with Gasteiger partial charge in [0.2, 0.25) is 0 Å². The van der Waals surface area contributed by atoms with E-state index >= 15 is 0 Å². The number of aryl methyl sites for hydroxylation is 1. The lowest BCUT2D eigenvalue weighted by Gasteiger charge is -2.27. The Balaban J connectivity index is 1.79. The molecule has 1 atom stereocenters. The zero-order valence-electron chi connectivity index (χ0n) is 21.6. The Kier molecular flexibility index (Phi) is 8.29. The number of ether oxygens (including phenoxy) is 2. The number of Topliss-reactive ketones (excluding diaryl/α,β-unsaturated/α-hetero) is 1. The fourth-order valence-electron chi connectivity index (χ4n) is 4.58. The number of hydrogen-bond acceptors (Lipinski definition) is 5. The number of nitrogens with zero attached hydrogens (tertiary/aromatic N) is 1. The van der Waals surface area contributed by atoms with Gasteiger partial charge >= 0.3 is 0 Å². The van der Waals surface area contributed by atoms with Crippen LogP contribution in [0.15, 0.2) is 78.4 Å². The molecule has 192 valence electrons. The van der Waals surface area contributed by atoms with Gasteiger partial charge in [-0.05, 0) is 73.9 Å². The summed E-state index contributed by atoms with van der Waals surface area (Å²) in [6.07, 6.45) is 3.19. The predicted molar refractivity (Wildman–Crippen MR) is 145 cm³/mol. The summed E-state index contributed by atoms with van der Waals surface area (Å²) in [6.45, 7) is 7.02. The standard InChI is InChI=1S/C31H33NO5/c1-4-6-9-19-37-24-17-15-22(16-18-24)29(33)27-28(23-12-10-13-25(20-23)36-5-2)32(31(35)30(27)34)26-14-8-7-11-21(26)3/h7-8,10-18,20,28,33H,4-6,9,19H2,1-3H3/b29-27-. The summed E-state index contributed by atoms with van der Waals surface area (Å²) in [5, 5.41) is 11.4. The number of unbranched alkanes of at least 4 members (excludes halogenated alkanes) is 2. The molecule has 1 unspecified atom stereocenters. The Morgan fingerprint density at radius 3 is 2.35 bits per heavy atom. The van der Waals surface area contributed by atoms with Crippen LogP contribution in [-0.4, -0.2) is 30.0 Å². The molecule has 1 N–H and O–H groups in total. The van der Waals surface area contributed by atoms with Crippen LogP contribution in [0.25, 0.3) is 5.76 Å². The van der Waals surface area contributed by atoms with E-state index in [0.29, 0.717) is 41.5 Å². The minimum atomic E-state index is -0.813. The van der Waals surface area contributed by atoms with Crippen molar-refractivity contribution < 1.29 is 24.2 Å². The van der Waals surface area contributed by atoms with Gasteiger partial charge in [-0.15, -0.1) is 0 Å². The quantitative estimate of drug-likeness (QED) is 0.147. The van der Waals surface area contributed by atoms with Crippen LogP contribution in [-0.2, 0) is 9.59 Å². The first-order chi connectivity index (χ1) is 18.0. The van der Waals surface area contributed by atoms with Crippen LogP contribution in [0.3, 0.4) is 0 Å². The minimum absolute atomic E-state index is 0.0403. The summed E-state index contributed by atoms with van der Waals surface area (Å²) in [5.41, 5.74) is 2.62. The van der Waals surface area contributed by atoms with E-state index in [0.717, 1.165) is 24.8 Å². The predicted octanol–water partition coefficient (Wildman–Crippen LogP) is 6.59. The zero-order chi connectivity index (χ0) is 26.4. The number of amides is 1. The largest absolute Gasteiger partial charge is 0.507 e. The van der Waals surface area contributed by atoms with Gasteiger partial charge in [-0.1, -0.05) is 50.1 Å². The topological polar surface area (TPSA) is 76.1 Å². The molecule has 1 heterocycles. The fourth-order valence-corrected chi connectivity index (χ4v) is 4.58. The van der Waals surface area contributed by atoms with Crippen LogP contribution in [0.1, 0.15) is 55.8 Å². The average molecular weight is 500 g/mol. The first-order valence-corrected chi connectivity index (χ1v) is 12.8. The van der Waals surface area contributed by atoms with Crippen molar-refractivity contribution in [2.45, 2.75) is 46.1 Å². The summed E-state index contributed by atoms with van der Waals surface area (Å²) in [5.74, 6) is -0.321. The fraction of sp³-hybridized carbons (Fsp3) is 0.290. The molecule has 6 nitrogen and oxygen atoms in total. The zero-order valence-corrected chi connectivity index (χ0v) is 21.6. The van der Waals surface area contributed by atoms with E-state index in [1.165, 1.54) is 4.90 Å². The molecule has 6 heteroatoms. The van der Waals surface area contributed by atoms with Gasteiger partial charge in [-0.3, -0.25) is 14.5 Å². The lowest BCUT2D eigenvalue weighted by Crippen LogP contribution is -2.30. The molecule has 0 saturated carbocycles. The normalized spacial score (nSPS) is 16.7. The van der Waals surface area contributed by atoms with Crippen LogP contribution in [0.5, 0.6) is 11.5 Å². The average Bonchev–Trinajstić information content (AvgIpc) is 3.17. The summed E-state index contributed by atoms with van der Waals surface area (Å²) < 4.78 is 11.5. The van der Waals surface area contributed by atoms with Gasteiger partial charge in [0.1, 0.15) is 17.3 Å². The number of ketones is 1. The Morgan fingerprint density at radius 2 is 1.65 bits per heavy atom. The monoisotopic (exact) mass is 499 g/mol. The lowest BCUT2D eigenvalue weighted by atomic mass is 9.94. The van der Waals surface area contributed by atoms with Gasteiger partial charge in [0, 0.05) is 11.3 Å². The molecule has 0 aromatic heterocycles. The van der Waals surface area contributed by atoms with Crippen molar-refractivity contribution in [3.05, 3.63) is 95.1 Å². The van der Waals surface area contributed by atoms with Gasteiger partial charge < -0.3 is 14.6 Å². The van der Waals surface area contributed by atoms with Gasteiger partial charge in [0.25, 0.3) is 11.7 Å². The maximum atomic E-state index is 13.4. The third-order valence-electron chi connectivity index (χ3n) is 6.45. The highest BCUT2D eigenvalue weighted by molar-refractivity contribution is 6.51. The van der Waals surface area contributed by atoms with E-state index in [9.17, 15) is 14.7 Å². The molecule has 3 aromatic carbocycles. The van der Waals surface area contributed by atoms with Crippen LogP contribution < -0.4 is 14.4 Å². The van der Waals surface area contributed by atoms with Crippen LogP contribution in [0.2, 0.25) is 0 Å². The second kappa shape index (κ2) is 11.8. The Bertz CT molecular complexity index is 1290. The molecule has 0 spiro atoms. The molecule has 1 aliphatic heterocycles. The second-order valence-electron chi connectivity index (χ2n) is 9.04. The van der Waals surface area contributed by atoms with Gasteiger partial charge in [-0.25, -0.2) is 0 Å². The van der Waals surface area contributed by atoms with Crippen molar-refractivity contribution in [1.29, 1.82) is 0 Å². The number of anilines is 1. The van der Waals surface area contributed by atoms with Gasteiger partial charge in [-0.2, -0.15) is 0 Å². The summed E-state index contributed by atoms with van der Waals surface area (Å²) in [6, 6.07) is 20.8. The highest BCUT2D eigenvalue weighted by Crippen LogP contribution is 2.43. The smallest absolute Gasteiger partial charge is 0.300 e. The highest BCUT2D eigenvalue weighted by Gasteiger charge is 2.47. The number of hydrogen-bond donors (Lipinski definition) is 1. The Labute approximate surface area is 218 Å². The van der Waals surface area contributed by atoms with Crippen LogP contribution >= 0.6 is 0 Å². The van der Waals surface area contributed by atoms with Crippen molar-refractivity contribution in [3.8, 4) is 11.5 Å². The third-order valence-corrected chi connectivity index (χ3v) is 6.45. The van der Waals surface area contributed by atoms with Crippen molar-refractivity contribution >= 4 is 23.1 Å². The van der Waals surface area contributed by atoms with E-state index in [1.807, 2.05) is 62.4 Å². The first kappa shape index (κ1) is 26.0. The summed E-state index contributed by atoms with van der Waals surface area (Å²) >= 11 is 0. The van der Waals surface area contributed by atoms with Crippen molar-refractivity contribution in [3.63, 3.8) is 0 Å². The van der Waals surface area contributed by atoms with E-state index in [2.05, 4.69) is 6.92 Å². The minimum Gasteiger partial charge on any atom is -0.507 e. The van der Waals surface area contributed by atoms with E-state index in [-0.39, 0.29) is 11.3 Å². The second-order valence-corrected chi connectivity index (χ2v) is 9.04. The number of benzene rings is 3. The molecular weight excluding hydrogens is 466 g/mol. The summed E-state index contributed by atoms with van der Waals surface area (Å²) in [4.78, 5) is 28.3. The molecular formula is C31H33NO5. The molecule has 1 saturated heterocycles. The number of aliphatic hydroxyl groups is 1. The van der Waals surface area contributed by atoms with Crippen molar-refractivity contribution in [1.82, 2.24) is 0 Å².